The Morgan fingerprint density at radius 3 is 2.55 bits per heavy atom. The molecule has 0 aromatic heterocycles. The molecule has 2 aromatic rings. The van der Waals surface area contributed by atoms with Crippen LogP contribution in [0.5, 0.6) is 0 Å². The zero-order chi connectivity index (χ0) is 13.4. The van der Waals surface area contributed by atoms with Crippen LogP contribution in [0.15, 0.2) is 47.5 Å². The molecule has 5 heteroatoms. The van der Waals surface area contributed by atoms with Gasteiger partial charge < -0.3 is 5.73 Å². The number of benzene rings is 2. The number of halogens is 3. The molecule has 1 atom stereocenters. The van der Waals surface area contributed by atoms with Crippen LogP contribution in [-0.2, 0) is 6.42 Å². The van der Waals surface area contributed by atoms with Crippen molar-refractivity contribution in [1.82, 2.24) is 0 Å². The smallest absolute Gasteiger partial charge is 0.128 e. The molecule has 0 saturated carbocycles. The molecular weight excluding hydrogens is 298 g/mol. The van der Waals surface area contributed by atoms with E-state index in [2.05, 4.69) is 4.99 Å². The van der Waals surface area contributed by atoms with Gasteiger partial charge in [0, 0.05) is 5.56 Å². The van der Waals surface area contributed by atoms with Crippen LogP contribution in [0.1, 0.15) is 22.7 Å². The summed E-state index contributed by atoms with van der Waals surface area (Å²) >= 11 is 6.14. The van der Waals surface area contributed by atoms with Gasteiger partial charge in [-0.15, -0.1) is 12.4 Å². The van der Waals surface area contributed by atoms with Gasteiger partial charge in [-0.2, -0.15) is 0 Å². The maximum atomic E-state index is 12.9. The zero-order valence-electron chi connectivity index (χ0n) is 10.5. The highest BCUT2D eigenvalue weighted by atomic mass is 35.5. The molecular formula is C15H13Cl2FN2. The number of rotatable bonds is 1. The van der Waals surface area contributed by atoms with Gasteiger partial charge in [0.1, 0.15) is 11.7 Å². The summed E-state index contributed by atoms with van der Waals surface area (Å²) in [6, 6.07) is 12.0. The van der Waals surface area contributed by atoms with Crippen LogP contribution in [0.2, 0.25) is 5.02 Å². The van der Waals surface area contributed by atoms with Crippen LogP contribution in [-0.4, -0.2) is 5.84 Å². The summed E-state index contributed by atoms with van der Waals surface area (Å²) in [4.78, 5) is 4.47. The molecule has 0 radical (unpaired) electrons. The predicted molar refractivity (Wildman–Crippen MR) is 82.3 cm³/mol. The second-order valence-electron chi connectivity index (χ2n) is 4.56. The Morgan fingerprint density at radius 1 is 1.15 bits per heavy atom. The van der Waals surface area contributed by atoms with E-state index in [1.807, 2.05) is 12.1 Å². The zero-order valence-corrected chi connectivity index (χ0v) is 12.1. The van der Waals surface area contributed by atoms with Crippen LogP contribution in [0, 0.1) is 5.82 Å². The third-order valence-corrected chi connectivity index (χ3v) is 3.63. The minimum Gasteiger partial charge on any atom is -0.383 e. The van der Waals surface area contributed by atoms with Gasteiger partial charge in [0.15, 0.2) is 0 Å². The first kappa shape index (κ1) is 14.8. The Hall–Kier alpha value is -1.58. The Labute approximate surface area is 127 Å². The molecule has 0 saturated heterocycles. The Balaban J connectivity index is 0.00000147. The fourth-order valence-corrected chi connectivity index (χ4v) is 2.68. The molecule has 20 heavy (non-hydrogen) atoms. The number of nitrogens with two attached hydrogens (primary N) is 1. The highest BCUT2D eigenvalue weighted by Gasteiger charge is 2.22. The molecule has 104 valence electrons. The Kier molecular flexibility index (Phi) is 4.31. The van der Waals surface area contributed by atoms with Gasteiger partial charge in [-0.25, -0.2) is 4.39 Å². The van der Waals surface area contributed by atoms with Crippen molar-refractivity contribution in [2.45, 2.75) is 12.5 Å². The lowest BCUT2D eigenvalue weighted by Crippen LogP contribution is -2.23. The average molecular weight is 311 g/mol. The molecule has 0 bridgehead atoms. The molecule has 0 fully saturated rings. The summed E-state index contributed by atoms with van der Waals surface area (Å²) in [5, 5.41) is 0.622. The minimum absolute atomic E-state index is 0. The lowest BCUT2D eigenvalue weighted by atomic mass is 9.92. The van der Waals surface area contributed by atoms with E-state index in [4.69, 9.17) is 17.3 Å². The highest BCUT2D eigenvalue weighted by Crippen LogP contribution is 2.32. The average Bonchev–Trinajstić information content (AvgIpc) is 2.39. The summed E-state index contributed by atoms with van der Waals surface area (Å²) in [7, 11) is 0. The van der Waals surface area contributed by atoms with Crippen molar-refractivity contribution in [1.29, 1.82) is 0 Å². The third kappa shape index (κ3) is 2.65. The molecule has 0 aliphatic carbocycles. The molecule has 0 spiro atoms. The number of hydrogen-bond acceptors (Lipinski definition) is 2. The molecule has 2 N–H and O–H groups in total. The lowest BCUT2D eigenvalue weighted by Gasteiger charge is -2.22. The normalized spacial score (nSPS) is 16.9. The molecule has 1 aliphatic rings. The fourth-order valence-electron chi connectivity index (χ4n) is 2.39. The topological polar surface area (TPSA) is 38.4 Å². The van der Waals surface area contributed by atoms with Crippen LogP contribution < -0.4 is 5.73 Å². The second kappa shape index (κ2) is 5.81. The SMILES string of the molecule is Cl.NC1=NC(c2ccc(F)cc2)Cc2cccc(Cl)c21. The van der Waals surface area contributed by atoms with E-state index in [0.717, 1.165) is 23.1 Å². The van der Waals surface area contributed by atoms with E-state index < -0.39 is 0 Å². The highest BCUT2D eigenvalue weighted by molar-refractivity contribution is 6.34. The first-order valence-corrected chi connectivity index (χ1v) is 6.39. The van der Waals surface area contributed by atoms with Gasteiger partial charge in [-0.05, 0) is 35.7 Å². The van der Waals surface area contributed by atoms with Crippen LogP contribution in [0.4, 0.5) is 4.39 Å². The van der Waals surface area contributed by atoms with Crippen molar-refractivity contribution in [2.75, 3.05) is 0 Å². The molecule has 2 nitrogen and oxygen atoms in total. The van der Waals surface area contributed by atoms with Gasteiger partial charge >= 0.3 is 0 Å². The third-order valence-electron chi connectivity index (χ3n) is 3.32. The van der Waals surface area contributed by atoms with E-state index in [1.54, 1.807) is 18.2 Å². The first-order chi connectivity index (χ1) is 9.15. The van der Waals surface area contributed by atoms with E-state index in [0.29, 0.717) is 10.9 Å². The van der Waals surface area contributed by atoms with E-state index in [9.17, 15) is 4.39 Å². The maximum Gasteiger partial charge on any atom is 0.128 e. The van der Waals surface area contributed by atoms with Crippen molar-refractivity contribution in [3.05, 3.63) is 70.0 Å². The van der Waals surface area contributed by atoms with Gasteiger partial charge in [-0.3, -0.25) is 4.99 Å². The summed E-state index contributed by atoms with van der Waals surface area (Å²) < 4.78 is 12.9. The molecule has 1 aliphatic heterocycles. The van der Waals surface area contributed by atoms with Gasteiger partial charge in [-0.1, -0.05) is 35.9 Å². The molecule has 0 amide bonds. The summed E-state index contributed by atoms with van der Waals surface area (Å²) in [6.07, 6.45) is 0.724. The molecule has 1 heterocycles. The minimum atomic E-state index is -0.250. The monoisotopic (exact) mass is 310 g/mol. The summed E-state index contributed by atoms with van der Waals surface area (Å²) in [5.74, 6) is 0.195. The number of fused-ring (bicyclic) bond motifs is 1. The largest absolute Gasteiger partial charge is 0.383 e. The standard InChI is InChI=1S/C15H12ClFN2.ClH/c16-12-3-1-2-10-8-13(19-15(18)14(10)12)9-4-6-11(17)7-5-9;/h1-7,13H,8H2,(H2,18,19);1H. The molecule has 2 aromatic carbocycles. The summed E-state index contributed by atoms with van der Waals surface area (Å²) in [5.41, 5.74) is 8.85. The quantitative estimate of drug-likeness (QED) is 0.852. The number of hydrogen-bond donors (Lipinski definition) is 1. The predicted octanol–water partition coefficient (Wildman–Crippen LogP) is 3.90. The van der Waals surface area contributed by atoms with Crippen LogP contribution in [0.3, 0.4) is 0 Å². The fraction of sp³-hybridized carbons (Fsp3) is 0.133. The second-order valence-corrected chi connectivity index (χ2v) is 4.97. The van der Waals surface area contributed by atoms with Gasteiger partial charge in [0.05, 0.1) is 11.1 Å². The van der Waals surface area contributed by atoms with E-state index in [-0.39, 0.29) is 24.3 Å². The molecule has 1 unspecified atom stereocenters. The van der Waals surface area contributed by atoms with Crippen molar-refractivity contribution < 1.29 is 4.39 Å². The van der Waals surface area contributed by atoms with Crippen LogP contribution >= 0.6 is 24.0 Å². The summed E-state index contributed by atoms with van der Waals surface area (Å²) in [6.45, 7) is 0. The first-order valence-electron chi connectivity index (χ1n) is 6.01. The number of nitrogens with zero attached hydrogens (tertiary/aromatic N) is 1. The van der Waals surface area contributed by atoms with Crippen LogP contribution in [0.25, 0.3) is 0 Å². The Morgan fingerprint density at radius 2 is 1.85 bits per heavy atom. The number of amidine groups is 1. The van der Waals surface area contributed by atoms with Crippen molar-refractivity contribution in [3.63, 3.8) is 0 Å². The lowest BCUT2D eigenvalue weighted by molar-refractivity contribution is 0.624. The Bertz CT molecular complexity index is 653. The van der Waals surface area contributed by atoms with E-state index in [1.165, 1.54) is 12.1 Å². The van der Waals surface area contributed by atoms with Gasteiger partial charge in [0.2, 0.25) is 0 Å². The van der Waals surface area contributed by atoms with Crippen molar-refractivity contribution >= 4 is 29.8 Å². The maximum absolute atomic E-state index is 12.9. The van der Waals surface area contributed by atoms with Gasteiger partial charge in [0.25, 0.3) is 0 Å². The van der Waals surface area contributed by atoms with Crippen molar-refractivity contribution in [2.24, 2.45) is 10.7 Å². The van der Waals surface area contributed by atoms with E-state index >= 15 is 0 Å². The molecule has 3 rings (SSSR count). The number of aliphatic imine (C=N–C) groups is 1. The van der Waals surface area contributed by atoms with Crippen molar-refractivity contribution in [3.8, 4) is 0 Å².